The van der Waals surface area contributed by atoms with Crippen molar-refractivity contribution >= 4 is 82.4 Å². The Bertz CT molecular complexity index is 3530. The van der Waals surface area contributed by atoms with E-state index in [0.717, 1.165) is 83.1 Å². The van der Waals surface area contributed by atoms with Crippen molar-refractivity contribution in [1.29, 1.82) is 0 Å². The van der Waals surface area contributed by atoms with Crippen LogP contribution in [0.3, 0.4) is 0 Å². The maximum Gasteiger partial charge on any atom is 0.145 e. The number of furan rings is 1. The number of pyridine rings is 1. The molecule has 0 atom stereocenters. The number of nitrogens with zero attached hydrogens (tertiary/aromatic N) is 3. The molecular weight excluding hydrogens is 719 g/mol. The summed E-state index contributed by atoms with van der Waals surface area (Å²) in [5, 5.41) is 9.22. The van der Waals surface area contributed by atoms with E-state index in [1.807, 2.05) is 12.3 Å². The van der Waals surface area contributed by atoms with Gasteiger partial charge in [-0.3, -0.25) is 4.98 Å². The summed E-state index contributed by atoms with van der Waals surface area (Å²) in [5.74, 6) is 0. The van der Waals surface area contributed by atoms with Crippen LogP contribution in [-0.2, 0) is 0 Å². The first-order chi connectivity index (χ1) is 29.3. The zero-order valence-corrected chi connectivity index (χ0v) is 32.0. The smallest absolute Gasteiger partial charge is 0.145 e. The third-order valence-electron chi connectivity index (χ3n) is 11.8. The average Bonchev–Trinajstić information content (AvgIpc) is 3.86. The third kappa shape index (κ3) is 5.34. The molecule has 0 saturated carbocycles. The number of rotatable bonds is 6. The summed E-state index contributed by atoms with van der Waals surface area (Å²) in [4.78, 5) is 7.48. The highest BCUT2D eigenvalue weighted by atomic mass is 16.3. The minimum Gasteiger partial charge on any atom is -0.455 e. The van der Waals surface area contributed by atoms with Crippen molar-refractivity contribution in [3.05, 3.63) is 212 Å². The van der Waals surface area contributed by atoms with Crippen molar-refractivity contribution in [2.75, 3.05) is 4.90 Å². The second-order valence-corrected chi connectivity index (χ2v) is 15.2. The standard InChI is InChI=1S/C55H35N3O/c1-3-12-36(13-4-1)37-22-27-42(28-23-37)57(50-20-11-15-38-14-7-8-18-44(38)50)43-29-32-49(56-35-43)40-26-33-51-48(34-40)46-30-24-39-25-31-47-45-19-9-10-21-52(45)59-55(47)53(39)54(46)58(51)41-16-5-2-6-17-41/h1-35H. The number of hydrogen-bond donors (Lipinski definition) is 0. The maximum absolute atomic E-state index is 6.67. The molecule has 0 fully saturated rings. The Morgan fingerprint density at radius 2 is 1.12 bits per heavy atom. The number of aromatic nitrogens is 2. The molecule has 4 heteroatoms. The molecule has 0 N–H and O–H groups in total. The van der Waals surface area contributed by atoms with Crippen LogP contribution in [0.25, 0.3) is 93.4 Å². The molecular formula is C55H35N3O. The van der Waals surface area contributed by atoms with Crippen molar-refractivity contribution in [2.24, 2.45) is 0 Å². The van der Waals surface area contributed by atoms with Crippen LogP contribution < -0.4 is 4.90 Å². The fourth-order valence-corrected chi connectivity index (χ4v) is 9.05. The Hall–Kier alpha value is -7.95. The monoisotopic (exact) mass is 753 g/mol. The Morgan fingerprint density at radius 1 is 0.441 bits per heavy atom. The summed E-state index contributed by atoms with van der Waals surface area (Å²) >= 11 is 0. The van der Waals surface area contributed by atoms with E-state index >= 15 is 0 Å². The predicted octanol–water partition coefficient (Wildman–Crippen LogP) is 15.2. The molecule has 0 aliphatic rings. The van der Waals surface area contributed by atoms with Gasteiger partial charge in [0.15, 0.2) is 0 Å². The van der Waals surface area contributed by atoms with E-state index < -0.39 is 0 Å². The van der Waals surface area contributed by atoms with E-state index in [1.54, 1.807) is 0 Å². The molecule has 0 spiro atoms. The highest BCUT2D eigenvalue weighted by molar-refractivity contribution is 6.27. The van der Waals surface area contributed by atoms with Crippen molar-refractivity contribution in [3.63, 3.8) is 0 Å². The van der Waals surface area contributed by atoms with E-state index in [0.29, 0.717) is 0 Å². The van der Waals surface area contributed by atoms with E-state index in [9.17, 15) is 0 Å². The second kappa shape index (κ2) is 13.3. The molecule has 0 aliphatic carbocycles. The van der Waals surface area contributed by atoms with Crippen molar-refractivity contribution in [2.45, 2.75) is 0 Å². The molecule has 3 heterocycles. The molecule has 12 aromatic rings. The molecule has 0 bridgehead atoms. The lowest BCUT2D eigenvalue weighted by Gasteiger charge is -2.27. The van der Waals surface area contributed by atoms with Crippen LogP contribution >= 0.6 is 0 Å². The van der Waals surface area contributed by atoms with Gasteiger partial charge in [0.25, 0.3) is 0 Å². The van der Waals surface area contributed by atoms with Gasteiger partial charge in [-0.15, -0.1) is 0 Å². The molecule has 4 nitrogen and oxygen atoms in total. The van der Waals surface area contributed by atoms with Crippen molar-refractivity contribution < 1.29 is 4.42 Å². The van der Waals surface area contributed by atoms with Gasteiger partial charge >= 0.3 is 0 Å². The molecule has 0 amide bonds. The van der Waals surface area contributed by atoms with Gasteiger partial charge in [0.2, 0.25) is 0 Å². The quantitative estimate of drug-likeness (QED) is 0.170. The normalized spacial score (nSPS) is 11.7. The van der Waals surface area contributed by atoms with Gasteiger partial charge in [-0.05, 0) is 88.6 Å². The first-order valence-electron chi connectivity index (χ1n) is 20.0. The summed E-state index contributed by atoms with van der Waals surface area (Å²) in [5.41, 5.74) is 12.7. The first-order valence-corrected chi connectivity index (χ1v) is 20.0. The highest BCUT2D eigenvalue weighted by Crippen LogP contribution is 2.44. The summed E-state index contributed by atoms with van der Waals surface area (Å²) < 4.78 is 9.06. The predicted molar refractivity (Wildman–Crippen MR) is 246 cm³/mol. The number of para-hydroxylation sites is 2. The van der Waals surface area contributed by atoms with Crippen molar-refractivity contribution in [3.8, 4) is 28.1 Å². The largest absolute Gasteiger partial charge is 0.455 e. The fraction of sp³-hybridized carbons (Fsp3) is 0. The van der Waals surface area contributed by atoms with E-state index in [1.165, 1.54) is 27.3 Å². The van der Waals surface area contributed by atoms with Gasteiger partial charge in [-0.25, -0.2) is 0 Å². The third-order valence-corrected chi connectivity index (χ3v) is 11.8. The molecule has 3 aromatic heterocycles. The number of hydrogen-bond acceptors (Lipinski definition) is 3. The Balaban J connectivity index is 1.02. The lowest BCUT2D eigenvalue weighted by molar-refractivity contribution is 0.673. The van der Waals surface area contributed by atoms with Gasteiger partial charge in [-0.1, -0.05) is 140 Å². The summed E-state index contributed by atoms with van der Waals surface area (Å²) in [6, 6.07) is 73.4. The van der Waals surface area contributed by atoms with Crippen LogP contribution in [0.2, 0.25) is 0 Å². The van der Waals surface area contributed by atoms with Gasteiger partial charge in [0.1, 0.15) is 11.2 Å². The Kier molecular flexibility index (Phi) is 7.50. The lowest BCUT2D eigenvalue weighted by Crippen LogP contribution is -2.10. The molecule has 59 heavy (non-hydrogen) atoms. The van der Waals surface area contributed by atoms with Crippen LogP contribution in [-0.4, -0.2) is 9.55 Å². The molecule has 276 valence electrons. The molecule has 0 radical (unpaired) electrons. The van der Waals surface area contributed by atoms with Crippen LogP contribution in [0.1, 0.15) is 0 Å². The van der Waals surface area contributed by atoms with Crippen LogP contribution in [0.5, 0.6) is 0 Å². The Morgan fingerprint density at radius 3 is 1.93 bits per heavy atom. The van der Waals surface area contributed by atoms with E-state index in [-0.39, 0.29) is 0 Å². The summed E-state index contributed by atoms with van der Waals surface area (Å²) in [6.45, 7) is 0. The SMILES string of the molecule is c1ccc(-c2ccc(N(c3ccc(-c4ccc5c(c4)c4ccc6ccc7c8ccccc8oc7c6c4n5-c4ccccc4)nc3)c3cccc4ccccc34)cc2)cc1. The summed E-state index contributed by atoms with van der Waals surface area (Å²) in [7, 11) is 0. The van der Waals surface area contributed by atoms with Gasteiger partial charge in [-0.2, -0.15) is 0 Å². The van der Waals surface area contributed by atoms with E-state index in [2.05, 4.69) is 210 Å². The maximum atomic E-state index is 6.67. The molecule has 0 saturated heterocycles. The topological polar surface area (TPSA) is 34.2 Å². The molecule has 12 rings (SSSR count). The lowest BCUT2D eigenvalue weighted by atomic mass is 10.0. The fourth-order valence-electron chi connectivity index (χ4n) is 9.05. The summed E-state index contributed by atoms with van der Waals surface area (Å²) in [6.07, 6.45) is 2.01. The minimum atomic E-state index is 0.898. The first kappa shape index (κ1) is 33.2. The molecule has 0 aliphatic heterocycles. The van der Waals surface area contributed by atoms with Gasteiger partial charge < -0.3 is 13.9 Å². The highest BCUT2D eigenvalue weighted by Gasteiger charge is 2.21. The van der Waals surface area contributed by atoms with Gasteiger partial charge in [0.05, 0.1) is 34.3 Å². The van der Waals surface area contributed by atoms with Crippen molar-refractivity contribution in [1.82, 2.24) is 9.55 Å². The second-order valence-electron chi connectivity index (χ2n) is 15.2. The van der Waals surface area contributed by atoms with E-state index in [4.69, 9.17) is 9.40 Å². The average molecular weight is 754 g/mol. The number of benzene rings is 9. The Labute approximate surface area is 340 Å². The zero-order chi connectivity index (χ0) is 38.9. The minimum absolute atomic E-state index is 0.898. The number of fused-ring (bicyclic) bond motifs is 10. The molecule has 9 aromatic carbocycles. The van der Waals surface area contributed by atoms with Gasteiger partial charge in [0, 0.05) is 49.3 Å². The van der Waals surface area contributed by atoms with Crippen LogP contribution in [0.15, 0.2) is 217 Å². The zero-order valence-electron chi connectivity index (χ0n) is 32.0. The number of anilines is 3. The molecule has 0 unspecified atom stereocenters. The van der Waals surface area contributed by atoms with Crippen LogP contribution in [0, 0.1) is 0 Å². The van der Waals surface area contributed by atoms with Crippen LogP contribution in [0.4, 0.5) is 17.1 Å².